The molecule has 0 saturated heterocycles. The van der Waals surface area contributed by atoms with Crippen LogP contribution in [-0.4, -0.2) is 23.5 Å². The Labute approximate surface area is 100 Å². The third kappa shape index (κ3) is 4.01. The minimum Gasteiger partial charge on any atom is -0.373 e. The third-order valence-electron chi connectivity index (χ3n) is 3.22. The predicted molar refractivity (Wildman–Crippen MR) is 71.2 cm³/mol. The largest absolute Gasteiger partial charge is 0.373 e. The zero-order valence-electron chi connectivity index (χ0n) is 10.7. The van der Waals surface area contributed by atoms with E-state index in [0.29, 0.717) is 6.04 Å². The van der Waals surface area contributed by atoms with Crippen LogP contribution in [0.15, 0.2) is 24.4 Å². The standard InChI is InChI=1S/C14H26N2/c1-3-5-10-14-13(15)9-7-8-12-16(14)11-6-4-2/h7-9,12-14H,3-6,10-11,15H2,1-2H3. The lowest BCUT2D eigenvalue weighted by atomic mass is 10.0. The van der Waals surface area contributed by atoms with Gasteiger partial charge in [0.15, 0.2) is 0 Å². The van der Waals surface area contributed by atoms with Gasteiger partial charge in [0, 0.05) is 18.6 Å². The zero-order chi connectivity index (χ0) is 11.8. The molecule has 0 saturated carbocycles. The number of nitrogens with two attached hydrogens (primary N) is 1. The molecule has 16 heavy (non-hydrogen) atoms. The van der Waals surface area contributed by atoms with Crippen molar-refractivity contribution in [3.8, 4) is 0 Å². The first-order valence-electron chi connectivity index (χ1n) is 6.66. The zero-order valence-corrected chi connectivity index (χ0v) is 10.7. The van der Waals surface area contributed by atoms with Gasteiger partial charge < -0.3 is 10.6 Å². The van der Waals surface area contributed by atoms with E-state index in [1.165, 1.54) is 32.1 Å². The van der Waals surface area contributed by atoms with E-state index in [-0.39, 0.29) is 6.04 Å². The molecule has 0 fully saturated rings. The molecule has 1 rings (SSSR count). The Morgan fingerprint density at radius 2 is 1.88 bits per heavy atom. The molecule has 2 unspecified atom stereocenters. The molecular weight excluding hydrogens is 196 g/mol. The second-order valence-corrected chi connectivity index (χ2v) is 4.60. The van der Waals surface area contributed by atoms with Crippen molar-refractivity contribution in [2.24, 2.45) is 5.73 Å². The normalized spacial score (nSPS) is 24.8. The summed E-state index contributed by atoms with van der Waals surface area (Å²) >= 11 is 0. The van der Waals surface area contributed by atoms with E-state index < -0.39 is 0 Å². The van der Waals surface area contributed by atoms with Crippen LogP contribution in [0.1, 0.15) is 46.0 Å². The summed E-state index contributed by atoms with van der Waals surface area (Å²) in [7, 11) is 0. The second kappa shape index (κ2) is 7.50. The van der Waals surface area contributed by atoms with Crippen LogP contribution in [0.3, 0.4) is 0 Å². The third-order valence-corrected chi connectivity index (χ3v) is 3.22. The summed E-state index contributed by atoms with van der Waals surface area (Å²) in [6, 6.07) is 0.667. The lowest BCUT2D eigenvalue weighted by Crippen LogP contribution is -2.44. The molecule has 1 aliphatic heterocycles. The number of nitrogens with zero attached hydrogens (tertiary/aromatic N) is 1. The Kier molecular flexibility index (Phi) is 6.24. The number of hydrogen-bond donors (Lipinski definition) is 1. The van der Waals surface area contributed by atoms with Gasteiger partial charge in [-0.05, 0) is 25.1 Å². The van der Waals surface area contributed by atoms with Gasteiger partial charge in [0.25, 0.3) is 0 Å². The smallest absolute Gasteiger partial charge is 0.0471 e. The van der Waals surface area contributed by atoms with E-state index in [2.05, 4.69) is 43.2 Å². The van der Waals surface area contributed by atoms with Crippen LogP contribution in [0.25, 0.3) is 0 Å². The Hall–Kier alpha value is -0.760. The molecule has 0 aliphatic carbocycles. The highest BCUT2D eigenvalue weighted by Crippen LogP contribution is 2.16. The van der Waals surface area contributed by atoms with Gasteiger partial charge >= 0.3 is 0 Å². The molecule has 0 aromatic carbocycles. The molecule has 1 heterocycles. The van der Waals surface area contributed by atoms with Gasteiger partial charge in [-0.3, -0.25) is 0 Å². The van der Waals surface area contributed by atoms with Crippen molar-refractivity contribution in [1.82, 2.24) is 4.90 Å². The Morgan fingerprint density at radius 3 is 2.56 bits per heavy atom. The molecule has 0 amide bonds. The van der Waals surface area contributed by atoms with E-state index in [1.807, 2.05) is 0 Å². The fourth-order valence-electron chi connectivity index (χ4n) is 2.17. The molecule has 2 N–H and O–H groups in total. The van der Waals surface area contributed by atoms with Crippen LogP contribution < -0.4 is 5.73 Å². The van der Waals surface area contributed by atoms with Crippen molar-refractivity contribution in [1.29, 1.82) is 0 Å². The Bertz CT molecular complexity index is 233. The summed E-state index contributed by atoms with van der Waals surface area (Å²) < 4.78 is 0. The first-order chi connectivity index (χ1) is 7.79. The molecular formula is C14H26N2. The fraction of sp³-hybridized carbons (Fsp3) is 0.714. The maximum absolute atomic E-state index is 6.21. The van der Waals surface area contributed by atoms with Crippen LogP contribution in [0.4, 0.5) is 0 Å². The van der Waals surface area contributed by atoms with E-state index in [0.717, 1.165) is 6.54 Å². The summed E-state index contributed by atoms with van der Waals surface area (Å²) in [6.07, 6.45) is 14.7. The summed E-state index contributed by atoms with van der Waals surface area (Å²) in [5.41, 5.74) is 6.21. The number of hydrogen-bond acceptors (Lipinski definition) is 2. The molecule has 2 heteroatoms. The topological polar surface area (TPSA) is 29.3 Å². The molecule has 0 radical (unpaired) electrons. The van der Waals surface area contributed by atoms with Gasteiger partial charge in [0.05, 0.1) is 0 Å². The van der Waals surface area contributed by atoms with Crippen LogP contribution in [0.2, 0.25) is 0 Å². The predicted octanol–water partition coefficient (Wildman–Crippen LogP) is 3.06. The van der Waals surface area contributed by atoms with Crippen molar-refractivity contribution < 1.29 is 0 Å². The number of unbranched alkanes of at least 4 members (excludes halogenated alkanes) is 2. The van der Waals surface area contributed by atoms with Gasteiger partial charge in [-0.1, -0.05) is 45.3 Å². The fourth-order valence-corrected chi connectivity index (χ4v) is 2.17. The van der Waals surface area contributed by atoms with E-state index in [4.69, 9.17) is 5.73 Å². The highest BCUT2D eigenvalue weighted by molar-refractivity contribution is 5.13. The van der Waals surface area contributed by atoms with Gasteiger partial charge in [-0.15, -0.1) is 0 Å². The van der Waals surface area contributed by atoms with Crippen molar-refractivity contribution >= 4 is 0 Å². The first kappa shape index (κ1) is 13.3. The summed E-state index contributed by atoms with van der Waals surface area (Å²) in [6.45, 7) is 5.61. The quantitative estimate of drug-likeness (QED) is 0.748. The Morgan fingerprint density at radius 1 is 1.12 bits per heavy atom. The minimum atomic E-state index is 0.179. The Balaban J connectivity index is 2.59. The summed E-state index contributed by atoms with van der Waals surface area (Å²) in [4.78, 5) is 2.43. The second-order valence-electron chi connectivity index (χ2n) is 4.60. The number of allylic oxidation sites excluding steroid dienone is 2. The average molecular weight is 222 g/mol. The maximum Gasteiger partial charge on any atom is 0.0471 e. The monoisotopic (exact) mass is 222 g/mol. The van der Waals surface area contributed by atoms with E-state index >= 15 is 0 Å². The van der Waals surface area contributed by atoms with Crippen LogP contribution >= 0.6 is 0 Å². The van der Waals surface area contributed by atoms with Crippen molar-refractivity contribution in [2.45, 2.75) is 58.0 Å². The van der Waals surface area contributed by atoms with E-state index in [1.54, 1.807) is 0 Å². The van der Waals surface area contributed by atoms with Crippen molar-refractivity contribution in [3.63, 3.8) is 0 Å². The lowest BCUT2D eigenvalue weighted by molar-refractivity contribution is 0.239. The van der Waals surface area contributed by atoms with Crippen LogP contribution in [0.5, 0.6) is 0 Å². The lowest BCUT2D eigenvalue weighted by Gasteiger charge is -2.33. The highest BCUT2D eigenvalue weighted by atomic mass is 15.2. The molecule has 1 aliphatic rings. The molecule has 2 nitrogen and oxygen atoms in total. The summed E-state index contributed by atoms with van der Waals surface area (Å²) in [5.74, 6) is 0. The minimum absolute atomic E-state index is 0.179. The highest BCUT2D eigenvalue weighted by Gasteiger charge is 2.21. The molecule has 2 atom stereocenters. The first-order valence-corrected chi connectivity index (χ1v) is 6.66. The van der Waals surface area contributed by atoms with Crippen molar-refractivity contribution in [3.05, 3.63) is 24.4 Å². The summed E-state index contributed by atoms with van der Waals surface area (Å²) in [5, 5.41) is 0. The molecule has 92 valence electrons. The van der Waals surface area contributed by atoms with Crippen LogP contribution in [-0.2, 0) is 0 Å². The SMILES string of the molecule is CCCCC1C(N)C=CC=CN1CCCC. The van der Waals surface area contributed by atoms with Gasteiger partial charge in [0.1, 0.15) is 0 Å². The van der Waals surface area contributed by atoms with Crippen molar-refractivity contribution in [2.75, 3.05) is 6.54 Å². The molecule has 0 bridgehead atoms. The van der Waals surface area contributed by atoms with Gasteiger partial charge in [-0.25, -0.2) is 0 Å². The molecule has 0 aromatic rings. The maximum atomic E-state index is 6.21. The average Bonchev–Trinajstić information content (AvgIpc) is 2.46. The van der Waals surface area contributed by atoms with Gasteiger partial charge in [-0.2, -0.15) is 0 Å². The molecule has 0 aromatic heterocycles. The number of rotatable bonds is 6. The van der Waals surface area contributed by atoms with Gasteiger partial charge in [0.2, 0.25) is 0 Å². The van der Waals surface area contributed by atoms with E-state index in [9.17, 15) is 0 Å². The molecule has 0 spiro atoms. The van der Waals surface area contributed by atoms with Crippen LogP contribution in [0, 0.1) is 0 Å².